The van der Waals surface area contributed by atoms with E-state index in [-0.39, 0.29) is 11.8 Å². The molecule has 0 bridgehead atoms. The summed E-state index contributed by atoms with van der Waals surface area (Å²) in [5.41, 5.74) is 1.64. The Morgan fingerprint density at radius 1 is 1.25 bits per heavy atom. The van der Waals surface area contributed by atoms with Crippen molar-refractivity contribution in [3.8, 4) is 0 Å². The molecule has 6 heteroatoms. The van der Waals surface area contributed by atoms with Crippen LogP contribution >= 0.6 is 0 Å². The van der Waals surface area contributed by atoms with Gasteiger partial charge in [-0.3, -0.25) is 9.59 Å². The molecule has 2 atom stereocenters. The SMILES string of the molecule is CC(C)CN1C(=O)c2ccccc2C(C(=O)O)C1c1cncnc1. The van der Waals surface area contributed by atoms with Gasteiger partial charge in [-0.15, -0.1) is 0 Å². The van der Waals surface area contributed by atoms with Gasteiger partial charge in [0.05, 0.1) is 6.04 Å². The monoisotopic (exact) mass is 325 g/mol. The van der Waals surface area contributed by atoms with Crippen molar-refractivity contribution in [3.05, 3.63) is 59.7 Å². The third kappa shape index (κ3) is 2.75. The fourth-order valence-electron chi connectivity index (χ4n) is 3.29. The Morgan fingerprint density at radius 2 is 1.92 bits per heavy atom. The summed E-state index contributed by atoms with van der Waals surface area (Å²) in [7, 11) is 0. The van der Waals surface area contributed by atoms with Gasteiger partial charge in [-0.1, -0.05) is 32.0 Å². The second-order valence-corrected chi connectivity index (χ2v) is 6.37. The van der Waals surface area contributed by atoms with Crippen LogP contribution in [0.3, 0.4) is 0 Å². The summed E-state index contributed by atoms with van der Waals surface area (Å²) in [6.07, 6.45) is 4.56. The van der Waals surface area contributed by atoms with E-state index in [4.69, 9.17) is 0 Å². The highest BCUT2D eigenvalue weighted by atomic mass is 16.4. The van der Waals surface area contributed by atoms with Crippen molar-refractivity contribution in [2.45, 2.75) is 25.8 Å². The van der Waals surface area contributed by atoms with Gasteiger partial charge < -0.3 is 10.0 Å². The predicted octanol–water partition coefficient (Wildman–Crippen LogP) is 2.50. The number of carbonyl (C=O) groups excluding carboxylic acids is 1. The lowest BCUT2D eigenvalue weighted by molar-refractivity contribution is -0.140. The summed E-state index contributed by atoms with van der Waals surface area (Å²) in [5.74, 6) is -1.74. The van der Waals surface area contributed by atoms with Crippen LogP contribution in [0.1, 0.15) is 47.3 Å². The van der Waals surface area contributed by atoms with Crippen LogP contribution in [0.15, 0.2) is 43.0 Å². The van der Waals surface area contributed by atoms with Crippen LogP contribution in [-0.2, 0) is 4.79 Å². The standard InChI is InChI=1S/C18H19N3O3/c1-11(2)9-21-16(12-7-19-10-20-8-12)15(18(23)24)13-5-3-4-6-14(13)17(21)22/h3-8,10-11,15-16H,9H2,1-2H3,(H,23,24). The number of carbonyl (C=O) groups is 2. The van der Waals surface area contributed by atoms with E-state index in [1.54, 1.807) is 41.6 Å². The highest BCUT2D eigenvalue weighted by Crippen LogP contribution is 2.42. The minimum Gasteiger partial charge on any atom is -0.481 e. The maximum atomic E-state index is 13.0. The van der Waals surface area contributed by atoms with E-state index in [2.05, 4.69) is 9.97 Å². The highest BCUT2D eigenvalue weighted by molar-refractivity contribution is 6.00. The molecule has 1 amide bonds. The first-order valence-corrected chi connectivity index (χ1v) is 7.88. The van der Waals surface area contributed by atoms with E-state index >= 15 is 0 Å². The number of hydrogen-bond acceptors (Lipinski definition) is 4. The maximum Gasteiger partial charge on any atom is 0.313 e. The zero-order chi connectivity index (χ0) is 17.3. The van der Waals surface area contributed by atoms with Gasteiger partial charge in [-0.2, -0.15) is 0 Å². The zero-order valence-corrected chi connectivity index (χ0v) is 13.6. The van der Waals surface area contributed by atoms with E-state index in [1.807, 2.05) is 13.8 Å². The van der Waals surface area contributed by atoms with Gasteiger partial charge in [0, 0.05) is 30.1 Å². The molecule has 1 N–H and O–H groups in total. The number of amides is 1. The van der Waals surface area contributed by atoms with Crippen molar-refractivity contribution < 1.29 is 14.7 Å². The van der Waals surface area contributed by atoms with Crippen LogP contribution in [0.4, 0.5) is 0 Å². The molecule has 0 aliphatic carbocycles. The summed E-state index contributed by atoms with van der Waals surface area (Å²) in [6.45, 7) is 4.47. The highest BCUT2D eigenvalue weighted by Gasteiger charge is 2.44. The number of carboxylic acids is 1. The number of carboxylic acid groups (broad SMARTS) is 1. The van der Waals surface area contributed by atoms with Gasteiger partial charge in [-0.05, 0) is 17.5 Å². The lowest BCUT2D eigenvalue weighted by atomic mass is 9.80. The molecule has 124 valence electrons. The summed E-state index contributed by atoms with van der Waals surface area (Å²) < 4.78 is 0. The van der Waals surface area contributed by atoms with Crippen molar-refractivity contribution >= 4 is 11.9 Å². The smallest absolute Gasteiger partial charge is 0.313 e. The average Bonchev–Trinajstić information content (AvgIpc) is 2.57. The molecule has 24 heavy (non-hydrogen) atoms. The number of hydrogen-bond donors (Lipinski definition) is 1. The van der Waals surface area contributed by atoms with Gasteiger partial charge in [0.1, 0.15) is 12.2 Å². The van der Waals surface area contributed by atoms with Gasteiger partial charge in [0.15, 0.2) is 0 Å². The number of aliphatic carboxylic acids is 1. The summed E-state index contributed by atoms with van der Waals surface area (Å²) >= 11 is 0. The lowest BCUT2D eigenvalue weighted by Gasteiger charge is -2.41. The molecule has 6 nitrogen and oxygen atoms in total. The van der Waals surface area contributed by atoms with Crippen molar-refractivity contribution in [3.63, 3.8) is 0 Å². The number of benzene rings is 1. The van der Waals surface area contributed by atoms with Crippen LogP contribution in [0.2, 0.25) is 0 Å². The van der Waals surface area contributed by atoms with Crippen molar-refractivity contribution in [1.82, 2.24) is 14.9 Å². The molecule has 2 unspecified atom stereocenters. The molecule has 2 heterocycles. The molecular weight excluding hydrogens is 306 g/mol. The summed E-state index contributed by atoms with van der Waals surface area (Å²) in [5, 5.41) is 9.88. The zero-order valence-electron chi connectivity index (χ0n) is 13.6. The Labute approximate surface area is 140 Å². The molecule has 0 spiro atoms. The molecular formula is C18H19N3O3. The minimum absolute atomic E-state index is 0.148. The quantitative estimate of drug-likeness (QED) is 0.934. The molecule has 1 aliphatic rings. The molecule has 0 fully saturated rings. The van der Waals surface area contributed by atoms with E-state index in [0.717, 1.165) is 0 Å². The molecule has 2 aromatic rings. The van der Waals surface area contributed by atoms with Gasteiger partial charge >= 0.3 is 5.97 Å². The van der Waals surface area contributed by atoms with E-state index in [1.165, 1.54) is 6.33 Å². The number of rotatable bonds is 4. The van der Waals surface area contributed by atoms with Gasteiger partial charge in [0.2, 0.25) is 0 Å². The fourth-order valence-corrected chi connectivity index (χ4v) is 3.29. The van der Waals surface area contributed by atoms with Gasteiger partial charge in [-0.25, -0.2) is 9.97 Å². The number of fused-ring (bicyclic) bond motifs is 1. The van der Waals surface area contributed by atoms with Crippen molar-refractivity contribution in [2.24, 2.45) is 5.92 Å². The predicted molar refractivity (Wildman–Crippen MR) is 87.5 cm³/mol. The fraction of sp³-hybridized carbons (Fsp3) is 0.333. The van der Waals surface area contributed by atoms with E-state index < -0.39 is 17.9 Å². The van der Waals surface area contributed by atoms with Crippen molar-refractivity contribution in [2.75, 3.05) is 6.54 Å². The Balaban J connectivity index is 2.20. The first-order chi connectivity index (χ1) is 11.5. The average molecular weight is 325 g/mol. The Bertz CT molecular complexity index is 761. The van der Waals surface area contributed by atoms with E-state index in [9.17, 15) is 14.7 Å². The second kappa shape index (κ2) is 6.39. The third-order valence-electron chi connectivity index (χ3n) is 4.19. The van der Waals surface area contributed by atoms with Crippen LogP contribution in [-0.4, -0.2) is 38.4 Å². The van der Waals surface area contributed by atoms with Crippen molar-refractivity contribution in [1.29, 1.82) is 0 Å². The Morgan fingerprint density at radius 3 is 2.54 bits per heavy atom. The lowest BCUT2D eigenvalue weighted by Crippen LogP contribution is -2.46. The molecule has 1 aromatic carbocycles. The molecule has 0 saturated carbocycles. The number of aromatic nitrogens is 2. The third-order valence-corrected chi connectivity index (χ3v) is 4.19. The van der Waals surface area contributed by atoms with Crippen LogP contribution < -0.4 is 0 Å². The largest absolute Gasteiger partial charge is 0.481 e. The van der Waals surface area contributed by atoms with Crippen LogP contribution in [0.5, 0.6) is 0 Å². The van der Waals surface area contributed by atoms with Crippen LogP contribution in [0, 0.1) is 5.92 Å². The normalized spacial score (nSPS) is 20.1. The molecule has 0 saturated heterocycles. The molecule has 3 rings (SSSR count). The van der Waals surface area contributed by atoms with Crippen LogP contribution in [0.25, 0.3) is 0 Å². The number of nitrogens with zero attached hydrogens (tertiary/aromatic N) is 3. The maximum absolute atomic E-state index is 13.0. The second-order valence-electron chi connectivity index (χ2n) is 6.37. The van der Waals surface area contributed by atoms with E-state index in [0.29, 0.717) is 23.2 Å². The topological polar surface area (TPSA) is 83.4 Å². The Hall–Kier alpha value is -2.76. The minimum atomic E-state index is -0.961. The van der Waals surface area contributed by atoms with Gasteiger partial charge in [0.25, 0.3) is 5.91 Å². The molecule has 1 aromatic heterocycles. The summed E-state index contributed by atoms with van der Waals surface area (Å²) in [6, 6.07) is 6.32. The Kier molecular flexibility index (Phi) is 4.29. The molecule has 1 aliphatic heterocycles. The first kappa shape index (κ1) is 16.1. The first-order valence-electron chi connectivity index (χ1n) is 7.88. The molecule has 0 radical (unpaired) electrons. The summed E-state index contributed by atoms with van der Waals surface area (Å²) in [4.78, 5) is 34.7.